The highest BCUT2D eigenvalue weighted by Gasteiger charge is 1.88. The highest BCUT2D eigenvalue weighted by atomic mass is 35.5. The molecular weight excluding hydrogens is 188 g/mol. The van der Waals surface area contributed by atoms with E-state index in [1.54, 1.807) is 0 Å². The van der Waals surface area contributed by atoms with Gasteiger partial charge in [0.05, 0.1) is 6.26 Å². The predicted molar refractivity (Wildman–Crippen MR) is 54.7 cm³/mol. The van der Waals surface area contributed by atoms with Crippen LogP contribution in [-0.4, -0.2) is 11.8 Å². The number of carbonyl (C=O) groups is 1. The van der Waals surface area contributed by atoms with Gasteiger partial charge in [-0.1, -0.05) is 12.8 Å². The number of hydrogen-bond donors (Lipinski definition) is 0. The van der Waals surface area contributed by atoms with Crippen LogP contribution in [0.1, 0.15) is 39.0 Å². The molecule has 0 heterocycles. The molecule has 0 aliphatic carbocycles. The average molecular weight is 205 g/mol. The number of unbranched alkanes of at least 4 members (excludes halogenated alkanes) is 4. The number of allylic oxidation sites excluding steroid dienone is 1. The normalized spacial score (nSPS) is 10.6. The summed E-state index contributed by atoms with van der Waals surface area (Å²) in [5, 5.41) is 0. The fourth-order valence-corrected chi connectivity index (χ4v) is 1.11. The van der Waals surface area contributed by atoms with Crippen molar-refractivity contribution >= 4 is 17.6 Å². The second kappa shape index (κ2) is 9.59. The Balaban J connectivity index is 3.06. The summed E-state index contributed by atoms with van der Waals surface area (Å²) in [7, 11) is 0. The van der Waals surface area contributed by atoms with Crippen molar-refractivity contribution in [3.05, 3.63) is 12.3 Å². The maximum absolute atomic E-state index is 10.3. The van der Waals surface area contributed by atoms with Crippen LogP contribution in [0.2, 0.25) is 0 Å². The van der Waals surface area contributed by atoms with Gasteiger partial charge in [-0.2, -0.15) is 0 Å². The first-order valence-corrected chi connectivity index (χ1v) is 5.19. The van der Waals surface area contributed by atoms with Crippen molar-refractivity contribution in [1.82, 2.24) is 0 Å². The Morgan fingerprint density at radius 2 is 2.00 bits per heavy atom. The number of hydrogen-bond acceptors (Lipinski definition) is 2. The fourth-order valence-electron chi connectivity index (χ4n) is 0.922. The van der Waals surface area contributed by atoms with E-state index in [2.05, 4.69) is 4.74 Å². The first kappa shape index (κ1) is 12.5. The minimum Gasteiger partial charge on any atom is -0.435 e. The van der Waals surface area contributed by atoms with Crippen LogP contribution in [0.5, 0.6) is 0 Å². The summed E-state index contributed by atoms with van der Waals surface area (Å²) in [4.78, 5) is 10.3. The van der Waals surface area contributed by atoms with E-state index in [1.165, 1.54) is 26.0 Å². The molecule has 0 aliphatic heterocycles. The van der Waals surface area contributed by atoms with E-state index < -0.39 is 0 Å². The Kier molecular flexibility index (Phi) is 9.22. The molecule has 0 aromatic carbocycles. The van der Waals surface area contributed by atoms with Crippen molar-refractivity contribution in [1.29, 1.82) is 0 Å². The Hall–Kier alpha value is -0.500. The van der Waals surface area contributed by atoms with Crippen LogP contribution in [0.15, 0.2) is 12.3 Å². The number of halogens is 1. The van der Waals surface area contributed by atoms with E-state index in [4.69, 9.17) is 11.6 Å². The van der Waals surface area contributed by atoms with Gasteiger partial charge < -0.3 is 4.74 Å². The Labute approximate surface area is 84.9 Å². The minimum atomic E-state index is -0.265. The lowest BCUT2D eigenvalue weighted by Gasteiger charge is -1.95. The molecule has 2 nitrogen and oxygen atoms in total. The second-order valence-electron chi connectivity index (χ2n) is 2.87. The van der Waals surface area contributed by atoms with Gasteiger partial charge in [0.25, 0.3) is 0 Å². The largest absolute Gasteiger partial charge is 0.435 e. The van der Waals surface area contributed by atoms with Crippen LogP contribution in [0.3, 0.4) is 0 Å². The third-order valence-electron chi connectivity index (χ3n) is 1.58. The van der Waals surface area contributed by atoms with Gasteiger partial charge in [0, 0.05) is 12.8 Å². The minimum absolute atomic E-state index is 0.265. The first-order valence-electron chi connectivity index (χ1n) is 4.65. The Bertz CT molecular complexity index is 155. The Morgan fingerprint density at radius 3 is 2.62 bits per heavy atom. The van der Waals surface area contributed by atoms with Gasteiger partial charge in [0.15, 0.2) is 0 Å². The molecule has 0 aliphatic rings. The highest BCUT2D eigenvalue weighted by molar-refractivity contribution is 6.17. The standard InChI is InChI=1S/C10H17ClO2/c1-10(12)13-9-7-5-3-2-4-6-8-11/h7,9H,2-6,8H2,1H3/b9-7+. The Morgan fingerprint density at radius 1 is 1.31 bits per heavy atom. The molecule has 0 radical (unpaired) electrons. The van der Waals surface area contributed by atoms with Crippen LogP contribution in [0.4, 0.5) is 0 Å². The van der Waals surface area contributed by atoms with Gasteiger partial charge in [0.2, 0.25) is 0 Å². The maximum Gasteiger partial charge on any atom is 0.307 e. The lowest BCUT2D eigenvalue weighted by molar-refractivity contribution is -0.135. The summed E-state index contributed by atoms with van der Waals surface area (Å²) in [5.74, 6) is 0.488. The summed E-state index contributed by atoms with van der Waals surface area (Å²) in [6, 6.07) is 0. The molecule has 0 rings (SSSR count). The molecule has 0 aromatic heterocycles. The van der Waals surface area contributed by atoms with Crippen molar-refractivity contribution in [3.63, 3.8) is 0 Å². The molecule has 0 saturated heterocycles. The van der Waals surface area contributed by atoms with Crippen molar-refractivity contribution in [2.24, 2.45) is 0 Å². The molecule has 0 N–H and O–H groups in total. The van der Waals surface area contributed by atoms with Gasteiger partial charge in [0.1, 0.15) is 0 Å². The summed E-state index contributed by atoms with van der Waals surface area (Å²) in [6.45, 7) is 1.39. The van der Waals surface area contributed by atoms with Crippen LogP contribution in [0, 0.1) is 0 Å². The summed E-state index contributed by atoms with van der Waals surface area (Å²) in [6.07, 6.45) is 8.91. The van der Waals surface area contributed by atoms with Gasteiger partial charge in [-0.3, -0.25) is 4.79 Å². The lowest BCUT2D eigenvalue weighted by Crippen LogP contribution is -1.89. The molecule has 3 heteroatoms. The third kappa shape index (κ3) is 11.5. The first-order chi connectivity index (χ1) is 6.27. The molecule has 0 spiro atoms. The van der Waals surface area contributed by atoms with Gasteiger partial charge in [-0.25, -0.2) is 0 Å². The molecule has 0 aromatic rings. The SMILES string of the molecule is CC(=O)O/C=C/CCCCCCCl. The van der Waals surface area contributed by atoms with Crippen LogP contribution in [-0.2, 0) is 9.53 Å². The second-order valence-corrected chi connectivity index (χ2v) is 3.25. The zero-order valence-electron chi connectivity index (χ0n) is 8.09. The molecule has 76 valence electrons. The molecule has 0 amide bonds. The zero-order valence-corrected chi connectivity index (χ0v) is 8.85. The molecule has 0 unspecified atom stereocenters. The highest BCUT2D eigenvalue weighted by Crippen LogP contribution is 2.04. The number of alkyl halides is 1. The summed E-state index contributed by atoms with van der Waals surface area (Å²) < 4.78 is 4.63. The van der Waals surface area contributed by atoms with Crippen LogP contribution in [0.25, 0.3) is 0 Å². The van der Waals surface area contributed by atoms with Gasteiger partial charge in [-0.15, -0.1) is 11.6 Å². The van der Waals surface area contributed by atoms with Crippen LogP contribution < -0.4 is 0 Å². The van der Waals surface area contributed by atoms with E-state index in [0.29, 0.717) is 0 Å². The molecule has 0 bridgehead atoms. The topological polar surface area (TPSA) is 26.3 Å². The van der Waals surface area contributed by atoms with Gasteiger partial charge in [-0.05, 0) is 25.3 Å². The van der Waals surface area contributed by atoms with Crippen molar-refractivity contribution in [2.75, 3.05) is 5.88 Å². The number of ether oxygens (including phenoxy) is 1. The predicted octanol–water partition coefficient (Wildman–Crippen LogP) is 3.25. The van der Waals surface area contributed by atoms with E-state index in [9.17, 15) is 4.79 Å². The number of carbonyl (C=O) groups excluding carboxylic acids is 1. The summed E-state index contributed by atoms with van der Waals surface area (Å²) >= 11 is 5.53. The van der Waals surface area contributed by atoms with E-state index in [-0.39, 0.29) is 5.97 Å². The summed E-state index contributed by atoms with van der Waals surface area (Å²) in [5.41, 5.74) is 0. The monoisotopic (exact) mass is 204 g/mol. The molecule has 0 saturated carbocycles. The molecular formula is C10H17ClO2. The molecule has 13 heavy (non-hydrogen) atoms. The van der Waals surface area contributed by atoms with E-state index >= 15 is 0 Å². The maximum atomic E-state index is 10.3. The van der Waals surface area contributed by atoms with Crippen molar-refractivity contribution < 1.29 is 9.53 Å². The average Bonchev–Trinajstić information content (AvgIpc) is 2.09. The lowest BCUT2D eigenvalue weighted by atomic mass is 10.1. The quantitative estimate of drug-likeness (QED) is 0.275. The van der Waals surface area contributed by atoms with E-state index in [1.807, 2.05) is 6.08 Å². The van der Waals surface area contributed by atoms with Crippen molar-refractivity contribution in [3.8, 4) is 0 Å². The van der Waals surface area contributed by atoms with E-state index in [0.717, 1.165) is 25.1 Å². The molecule has 0 atom stereocenters. The fraction of sp³-hybridized carbons (Fsp3) is 0.700. The number of esters is 1. The van der Waals surface area contributed by atoms with Crippen LogP contribution >= 0.6 is 11.6 Å². The zero-order chi connectivity index (χ0) is 9.94. The van der Waals surface area contributed by atoms with Gasteiger partial charge >= 0.3 is 5.97 Å². The third-order valence-corrected chi connectivity index (χ3v) is 1.85. The number of rotatable bonds is 7. The smallest absolute Gasteiger partial charge is 0.307 e. The molecule has 0 fully saturated rings. The van der Waals surface area contributed by atoms with Crippen molar-refractivity contribution in [2.45, 2.75) is 39.0 Å².